The molecule has 0 radical (unpaired) electrons. The summed E-state index contributed by atoms with van der Waals surface area (Å²) in [6.07, 6.45) is 1.96. The van der Waals surface area contributed by atoms with E-state index in [0.717, 1.165) is 24.1 Å². The second-order valence-electron chi connectivity index (χ2n) is 3.85. The monoisotopic (exact) mass is 236 g/mol. The molecule has 0 saturated heterocycles. The Balaban J connectivity index is 2.71. The summed E-state index contributed by atoms with van der Waals surface area (Å²) in [5, 5.41) is 0. The summed E-state index contributed by atoms with van der Waals surface area (Å²) in [6, 6.07) is 7.82. The van der Waals surface area contributed by atoms with Gasteiger partial charge in [0.15, 0.2) is 0 Å². The summed E-state index contributed by atoms with van der Waals surface area (Å²) in [5.41, 5.74) is 1.01. The number of rotatable bonds is 8. The van der Waals surface area contributed by atoms with Gasteiger partial charge in [0, 0.05) is 13.2 Å². The standard InChI is InChI=1S/C13H21BO3/c1-4-9-16-14(17-10-5-2)12-7-6-8-13(11-12)15-3/h6-8,11H,4-5,9-10H2,1-3H3. The molecule has 3 nitrogen and oxygen atoms in total. The molecular weight excluding hydrogens is 215 g/mol. The Morgan fingerprint density at radius 1 is 1.06 bits per heavy atom. The molecule has 0 unspecified atom stereocenters. The maximum atomic E-state index is 5.70. The van der Waals surface area contributed by atoms with E-state index in [1.165, 1.54) is 0 Å². The molecule has 0 N–H and O–H groups in total. The molecule has 1 rings (SSSR count). The molecule has 0 aliphatic carbocycles. The lowest BCUT2D eigenvalue weighted by Gasteiger charge is -2.14. The van der Waals surface area contributed by atoms with Crippen LogP contribution in [0.4, 0.5) is 0 Å². The van der Waals surface area contributed by atoms with E-state index in [4.69, 9.17) is 14.0 Å². The molecule has 0 fully saturated rings. The third kappa shape index (κ3) is 4.80. The molecule has 0 amide bonds. The fraction of sp³-hybridized carbons (Fsp3) is 0.538. The zero-order valence-electron chi connectivity index (χ0n) is 10.9. The number of methoxy groups -OCH3 is 1. The highest BCUT2D eigenvalue weighted by Crippen LogP contribution is 2.07. The molecule has 0 aliphatic heterocycles. The van der Waals surface area contributed by atoms with Gasteiger partial charge in [-0.05, 0) is 30.4 Å². The summed E-state index contributed by atoms with van der Waals surface area (Å²) < 4.78 is 16.6. The van der Waals surface area contributed by atoms with Gasteiger partial charge in [0.2, 0.25) is 0 Å². The Kier molecular flexibility index (Phi) is 6.74. The largest absolute Gasteiger partial charge is 0.497 e. The van der Waals surface area contributed by atoms with Crippen LogP contribution < -0.4 is 10.2 Å². The number of hydrogen-bond acceptors (Lipinski definition) is 3. The summed E-state index contributed by atoms with van der Waals surface area (Å²) in [4.78, 5) is 0. The molecule has 4 heteroatoms. The SMILES string of the molecule is CCCOB(OCCC)c1cccc(OC)c1. The molecule has 0 heterocycles. The highest BCUT2D eigenvalue weighted by molar-refractivity contribution is 6.61. The lowest BCUT2D eigenvalue weighted by atomic mass is 9.78. The first-order chi connectivity index (χ1) is 8.31. The Labute approximate surface area is 104 Å². The van der Waals surface area contributed by atoms with Gasteiger partial charge < -0.3 is 14.0 Å². The smallest absolute Gasteiger partial charge is 0.493 e. The molecule has 0 aliphatic rings. The van der Waals surface area contributed by atoms with Crippen molar-refractivity contribution in [3.8, 4) is 5.75 Å². The lowest BCUT2D eigenvalue weighted by Crippen LogP contribution is -2.37. The van der Waals surface area contributed by atoms with Crippen LogP contribution in [0.25, 0.3) is 0 Å². The van der Waals surface area contributed by atoms with E-state index < -0.39 is 0 Å². The van der Waals surface area contributed by atoms with Crippen LogP contribution in [0, 0.1) is 0 Å². The number of hydrogen-bond donors (Lipinski definition) is 0. The predicted octanol–water partition coefficient (Wildman–Crippen LogP) is 2.24. The van der Waals surface area contributed by atoms with E-state index in [1.807, 2.05) is 24.3 Å². The molecule has 1 aromatic rings. The second-order valence-corrected chi connectivity index (χ2v) is 3.85. The Morgan fingerprint density at radius 3 is 2.24 bits per heavy atom. The van der Waals surface area contributed by atoms with Crippen molar-refractivity contribution in [1.82, 2.24) is 0 Å². The Hall–Kier alpha value is -0.995. The number of benzene rings is 1. The topological polar surface area (TPSA) is 27.7 Å². The highest BCUT2D eigenvalue weighted by atomic mass is 16.6. The van der Waals surface area contributed by atoms with Gasteiger partial charge in [0.1, 0.15) is 5.75 Å². The molecule has 0 spiro atoms. The second kappa shape index (κ2) is 8.15. The third-order valence-electron chi connectivity index (χ3n) is 2.31. The average Bonchev–Trinajstić information content (AvgIpc) is 2.39. The highest BCUT2D eigenvalue weighted by Gasteiger charge is 2.21. The van der Waals surface area contributed by atoms with E-state index in [1.54, 1.807) is 7.11 Å². The first-order valence-corrected chi connectivity index (χ1v) is 6.19. The minimum atomic E-state index is -0.287. The zero-order chi connectivity index (χ0) is 12.5. The van der Waals surface area contributed by atoms with Gasteiger partial charge in [0.05, 0.1) is 7.11 Å². The van der Waals surface area contributed by atoms with Crippen molar-refractivity contribution in [2.75, 3.05) is 20.3 Å². The molecule has 17 heavy (non-hydrogen) atoms. The minimum Gasteiger partial charge on any atom is -0.497 e. The zero-order valence-corrected chi connectivity index (χ0v) is 10.9. The van der Waals surface area contributed by atoms with E-state index in [2.05, 4.69) is 13.8 Å². The third-order valence-corrected chi connectivity index (χ3v) is 2.31. The van der Waals surface area contributed by atoms with Crippen molar-refractivity contribution in [2.45, 2.75) is 26.7 Å². The molecule has 0 saturated carbocycles. The van der Waals surface area contributed by atoms with E-state index in [0.29, 0.717) is 13.2 Å². The normalized spacial score (nSPS) is 10.3. The van der Waals surface area contributed by atoms with Crippen molar-refractivity contribution in [3.63, 3.8) is 0 Å². The van der Waals surface area contributed by atoms with Gasteiger partial charge >= 0.3 is 7.12 Å². The Morgan fingerprint density at radius 2 is 1.71 bits per heavy atom. The van der Waals surface area contributed by atoms with Crippen LogP contribution in [-0.2, 0) is 9.31 Å². The van der Waals surface area contributed by atoms with Gasteiger partial charge in [-0.1, -0.05) is 26.0 Å². The minimum absolute atomic E-state index is 0.287. The van der Waals surface area contributed by atoms with Gasteiger partial charge in [-0.15, -0.1) is 0 Å². The molecule has 0 bridgehead atoms. The van der Waals surface area contributed by atoms with Crippen LogP contribution in [0.2, 0.25) is 0 Å². The van der Waals surface area contributed by atoms with Crippen LogP contribution in [0.1, 0.15) is 26.7 Å². The predicted molar refractivity (Wildman–Crippen MR) is 70.9 cm³/mol. The molecule has 0 atom stereocenters. The van der Waals surface area contributed by atoms with Crippen LogP contribution in [0.15, 0.2) is 24.3 Å². The van der Waals surface area contributed by atoms with E-state index in [-0.39, 0.29) is 7.12 Å². The summed E-state index contributed by atoms with van der Waals surface area (Å²) in [6.45, 7) is 5.57. The van der Waals surface area contributed by atoms with Crippen molar-refractivity contribution in [1.29, 1.82) is 0 Å². The van der Waals surface area contributed by atoms with E-state index >= 15 is 0 Å². The molecule has 0 aromatic heterocycles. The van der Waals surface area contributed by atoms with Crippen molar-refractivity contribution < 1.29 is 14.0 Å². The van der Waals surface area contributed by atoms with Gasteiger partial charge in [0.25, 0.3) is 0 Å². The first-order valence-electron chi connectivity index (χ1n) is 6.19. The first kappa shape index (κ1) is 14.1. The average molecular weight is 236 g/mol. The van der Waals surface area contributed by atoms with Gasteiger partial charge in [-0.25, -0.2) is 0 Å². The van der Waals surface area contributed by atoms with Crippen LogP contribution >= 0.6 is 0 Å². The quantitative estimate of drug-likeness (QED) is 0.648. The summed E-state index contributed by atoms with van der Waals surface area (Å²) >= 11 is 0. The van der Waals surface area contributed by atoms with Crippen molar-refractivity contribution >= 4 is 12.6 Å². The van der Waals surface area contributed by atoms with Crippen LogP contribution in [-0.4, -0.2) is 27.4 Å². The molecule has 94 valence electrons. The summed E-state index contributed by atoms with van der Waals surface area (Å²) in [7, 11) is 1.37. The molecule has 1 aromatic carbocycles. The Bertz CT molecular complexity index is 309. The van der Waals surface area contributed by atoms with Crippen LogP contribution in [0.3, 0.4) is 0 Å². The fourth-order valence-electron chi connectivity index (χ4n) is 1.48. The molecular formula is C13H21BO3. The van der Waals surface area contributed by atoms with Crippen molar-refractivity contribution in [3.05, 3.63) is 24.3 Å². The van der Waals surface area contributed by atoms with Crippen LogP contribution in [0.5, 0.6) is 5.75 Å². The van der Waals surface area contributed by atoms with Crippen molar-refractivity contribution in [2.24, 2.45) is 0 Å². The van der Waals surface area contributed by atoms with E-state index in [9.17, 15) is 0 Å². The lowest BCUT2D eigenvalue weighted by molar-refractivity contribution is 0.207. The summed E-state index contributed by atoms with van der Waals surface area (Å²) in [5.74, 6) is 0.827. The van der Waals surface area contributed by atoms with Gasteiger partial charge in [-0.3, -0.25) is 0 Å². The fourth-order valence-corrected chi connectivity index (χ4v) is 1.48. The maximum absolute atomic E-state index is 5.70. The van der Waals surface area contributed by atoms with Gasteiger partial charge in [-0.2, -0.15) is 0 Å². The number of ether oxygens (including phenoxy) is 1. The maximum Gasteiger partial charge on any atom is 0.493 e.